The minimum atomic E-state index is -3.56. The van der Waals surface area contributed by atoms with E-state index in [9.17, 15) is 8.42 Å². The third-order valence-electron chi connectivity index (χ3n) is 1.61. The molecule has 0 spiro atoms. The summed E-state index contributed by atoms with van der Waals surface area (Å²) in [6.07, 6.45) is 3.61. The monoisotopic (exact) mass is 229 g/mol. The van der Waals surface area contributed by atoms with Crippen LogP contribution < -0.4 is 4.72 Å². The van der Waals surface area contributed by atoms with E-state index >= 15 is 0 Å². The van der Waals surface area contributed by atoms with Crippen LogP contribution in [0.1, 0.15) is 5.82 Å². The summed E-state index contributed by atoms with van der Waals surface area (Å²) in [6, 6.07) is 0. The molecule has 0 atom stereocenters. The summed E-state index contributed by atoms with van der Waals surface area (Å²) in [5, 5.41) is 9.41. The Morgan fingerprint density at radius 2 is 2.40 bits per heavy atom. The van der Waals surface area contributed by atoms with Crippen LogP contribution >= 0.6 is 0 Å². The molecule has 0 aromatic carbocycles. The fraction of sp³-hybridized carbons (Fsp3) is 0.167. The SMILES string of the molecule is O=S(=O)(NCc1ncon1)c1cn[nH]c1. The van der Waals surface area contributed by atoms with Crippen molar-refractivity contribution in [3.05, 3.63) is 24.6 Å². The molecule has 0 bridgehead atoms. The molecule has 0 aliphatic heterocycles. The lowest BCUT2D eigenvalue weighted by atomic mass is 10.6. The van der Waals surface area contributed by atoms with E-state index in [1.807, 2.05) is 0 Å². The van der Waals surface area contributed by atoms with Gasteiger partial charge in [0.15, 0.2) is 5.82 Å². The van der Waals surface area contributed by atoms with Gasteiger partial charge in [-0.15, -0.1) is 0 Å². The molecule has 15 heavy (non-hydrogen) atoms. The lowest BCUT2D eigenvalue weighted by molar-refractivity contribution is 0.409. The van der Waals surface area contributed by atoms with Gasteiger partial charge in [-0.1, -0.05) is 5.16 Å². The summed E-state index contributed by atoms with van der Waals surface area (Å²) < 4.78 is 29.8. The fourth-order valence-corrected chi connectivity index (χ4v) is 1.78. The van der Waals surface area contributed by atoms with Gasteiger partial charge < -0.3 is 4.52 Å². The predicted molar refractivity (Wildman–Crippen MR) is 46.9 cm³/mol. The van der Waals surface area contributed by atoms with Gasteiger partial charge in [-0.2, -0.15) is 10.1 Å². The number of rotatable bonds is 4. The maximum absolute atomic E-state index is 11.5. The van der Waals surface area contributed by atoms with E-state index in [0.717, 1.165) is 6.39 Å². The van der Waals surface area contributed by atoms with Crippen LogP contribution in [0.25, 0.3) is 0 Å². The average Bonchev–Trinajstić information content (AvgIpc) is 2.88. The van der Waals surface area contributed by atoms with Crippen LogP contribution in [-0.4, -0.2) is 28.8 Å². The lowest BCUT2D eigenvalue weighted by Gasteiger charge is -2.00. The zero-order valence-electron chi connectivity index (χ0n) is 7.41. The molecule has 0 unspecified atom stereocenters. The molecule has 0 radical (unpaired) electrons. The van der Waals surface area contributed by atoms with Gasteiger partial charge in [0.2, 0.25) is 16.4 Å². The molecular formula is C6H7N5O3S. The van der Waals surface area contributed by atoms with E-state index in [-0.39, 0.29) is 17.3 Å². The van der Waals surface area contributed by atoms with Gasteiger partial charge in [-0.05, 0) is 0 Å². The second kappa shape index (κ2) is 3.79. The first-order valence-electron chi connectivity index (χ1n) is 3.92. The first-order chi connectivity index (χ1) is 7.18. The second-order valence-electron chi connectivity index (χ2n) is 2.61. The Morgan fingerprint density at radius 1 is 1.53 bits per heavy atom. The molecule has 0 aliphatic carbocycles. The van der Waals surface area contributed by atoms with Crippen molar-refractivity contribution in [1.29, 1.82) is 0 Å². The number of aromatic amines is 1. The van der Waals surface area contributed by atoms with Gasteiger partial charge in [-0.25, -0.2) is 13.1 Å². The molecule has 0 amide bonds. The molecule has 2 N–H and O–H groups in total. The molecule has 0 fully saturated rings. The number of hydrogen-bond acceptors (Lipinski definition) is 6. The lowest BCUT2D eigenvalue weighted by Crippen LogP contribution is -2.23. The predicted octanol–water partition coefficient (Wildman–Crippen LogP) is -0.729. The summed E-state index contributed by atoms with van der Waals surface area (Å²) in [7, 11) is -3.56. The van der Waals surface area contributed by atoms with E-state index < -0.39 is 10.0 Å². The summed E-state index contributed by atoms with van der Waals surface area (Å²) in [6.45, 7) is -0.0238. The van der Waals surface area contributed by atoms with Crippen molar-refractivity contribution in [3.8, 4) is 0 Å². The highest BCUT2D eigenvalue weighted by molar-refractivity contribution is 7.89. The van der Waals surface area contributed by atoms with E-state index in [2.05, 4.69) is 29.6 Å². The maximum atomic E-state index is 11.5. The Balaban J connectivity index is 2.06. The van der Waals surface area contributed by atoms with E-state index in [1.54, 1.807) is 0 Å². The summed E-state index contributed by atoms with van der Waals surface area (Å²) in [4.78, 5) is 3.73. The molecule has 0 saturated heterocycles. The highest BCUT2D eigenvalue weighted by Gasteiger charge is 2.15. The van der Waals surface area contributed by atoms with Gasteiger partial charge >= 0.3 is 0 Å². The van der Waals surface area contributed by atoms with Crippen LogP contribution in [-0.2, 0) is 16.6 Å². The zero-order valence-corrected chi connectivity index (χ0v) is 8.23. The largest absolute Gasteiger partial charge is 0.343 e. The van der Waals surface area contributed by atoms with Crippen molar-refractivity contribution in [1.82, 2.24) is 25.1 Å². The highest BCUT2D eigenvalue weighted by Crippen LogP contribution is 2.04. The number of nitrogens with one attached hydrogen (secondary N) is 2. The molecule has 2 rings (SSSR count). The van der Waals surface area contributed by atoms with Gasteiger partial charge in [0, 0.05) is 6.20 Å². The Bertz CT molecular complexity index is 503. The highest BCUT2D eigenvalue weighted by atomic mass is 32.2. The smallest absolute Gasteiger partial charge is 0.244 e. The zero-order chi connectivity index (χ0) is 10.7. The van der Waals surface area contributed by atoms with Gasteiger partial charge in [0.1, 0.15) is 4.90 Å². The number of hydrogen-bond donors (Lipinski definition) is 2. The third-order valence-corrected chi connectivity index (χ3v) is 2.98. The van der Waals surface area contributed by atoms with E-state index in [4.69, 9.17) is 0 Å². The Kier molecular flexibility index (Phi) is 2.47. The van der Waals surface area contributed by atoms with Crippen LogP contribution in [0.15, 0.2) is 28.2 Å². The summed E-state index contributed by atoms with van der Waals surface area (Å²) in [5.74, 6) is 0.266. The average molecular weight is 229 g/mol. The maximum Gasteiger partial charge on any atom is 0.244 e. The minimum Gasteiger partial charge on any atom is -0.343 e. The van der Waals surface area contributed by atoms with Gasteiger partial charge in [0.05, 0.1) is 12.7 Å². The van der Waals surface area contributed by atoms with Gasteiger partial charge in [0.25, 0.3) is 0 Å². The second-order valence-corrected chi connectivity index (χ2v) is 4.37. The topological polar surface area (TPSA) is 114 Å². The Hall–Kier alpha value is -1.74. The quantitative estimate of drug-likeness (QED) is 0.714. The van der Waals surface area contributed by atoms with Crippen molar-refractivity contribution in [2.75, 3.05) is 0 Å². The number of sulfonamides is 1. The minimum absolute atomic E-state index is 0.0238. The van der Waals surface area contributed by atoms with Crippen molar-refractivity contribution < 1.29 is 12.9 Å². The van der Waals surface area contributed by atoms with Crippen molar-refractivity contribution in [2.24, 2.45) is 0 Å². The Morgan fingerprint density at radius 3 is 3.00 bits per heavy atom. The first kappa shape index (κ1) is 9.80. The number of aromatic nitrogens is 4. The first-order valence-corrected chi connectivity index (χ1v) is 5.40. The Labute approximate surface area is 84.7 Å². The fourth-order valence-electron chi connectivity index (χ4n) is 0.899. The van der Waals surface area contributed by atoms with Crippen LogP contribution in [0.3, 0.4) is 0 Å². The molecule has 8 nitrogen and oxygen atoms in total. The van der Waals surface area contributed by atoms with Crippen LogP contribution in [0.5, 0.6) is 0 Å². The molecule has 0 aliphatic rings. The molecular weight excluding hydrogens is 222 g/mol. The van der Waals surface area contributed by atoms with Crippen molar-refractivity contribution in [3.63, 3.8) is 0 Å². The molecule has 2 heterocycles. The molecule has 2 aromatic rings. The van der Waals surface area contributed by atoms with Crippen LogP contribution in [0, 0.1) is 0 Å². The normalized spacial score (nSPS) is 11.7. The standard InChI is InChI=1S/C6H7N5O3S/c12-15(13,5-1-8-9-2-5)10-3-6-7-4-14-11-6/h1-2,4,10H,3H2,(H,8,9). The van der Waals surface area contributed by atoms with Crippen molar-refractivity contribution in [2.45, 2.75) is 11.4 Å². The van der Waals surface area contributed by atoms with Crippen molar-refractivity contribution >= 4 is 10.0 Å². The number of nitrogens with zero attached hydrogens (tertiary/aromatic N) is 3. The van der Waals surface area contributed by atoms with Crippen LogP contribution in [0.2, 0.25) is 0 Å². The molecule has 0 saturated carbocycles. The van der Waals surface area contributed by atoms with Crippen LogP contribution in [0.4, 0.5) is 0 Å². The molecule has 80 valence electrons. The molecule has 9 heteroatoms. The number of H-pyrrole nitrogens is 1. The van der Waals surface area contributed by atoms with Gasteiger partial charge in [-0.3, -0.25) is 5.10 Å². The third kappa shape index (κ3) is 2.19. The summed E-state index contributed by atoms with van der Waals surface area (Å²) in [5.41, 5.74) is 0. The van der Waals surface area contributed by atoms with E-state index in [1.165, 1.54) is 12.4 Å². The van der Waals surface area contributed by atoms with E-state index in [0.29, 0.717) is 0 Å². The molecule has 2 aromatic heterocycles. The summed E-state index contributed by atoms with van der Waals surface area (Å²) >= 11 is 0.